The number of hydrogen-bond acceptors (Lipinski definition) is 7. The van der Waals surface area contributed by atoms with Crippen molar-refractivity contribution >= 4 is 56.9 Å². The molecule has 2 atom stereocenters. The number of imidazole rings is 1. The van der Waals surface area contributed by atoms with Gasteiger partial charge in [0.15, 0.2) is 10.3 Å². The van der Waals surface area contributed by atoms with Crippen molar-refractivity contribution < 1.29 is 9.59 Å². The summed E-state index contributed by atoms with van der Waals surface area (Å²) in [5.74, 6) is 0.729. The van der Waals surface area contributed by atoms with Crippen LogP contribution >= 0.6 is 23.1 Å². The third-order valence-electron chi connectivity index (χ3n) is 6.24. The predicted octanol–water partition coefficient (Wildman–Crippen LogP) is 3.97. The molecular weight excluding hydrogens is 470 g/mol. The maximum Gasteiger partial charge on any atom is 0.243 e. The Labute approximate surface area is 205 Å². The van der Waals surface area contributed by atoms with E-state index in [1.54, 1.807) is 0 Å². The fourth-order valence-electron chi connectivity index (χ4n) is 4.71. The minimum absolute atomic E-state index is 0.0956. The van der Waals surface area contributed by atoms with E-state index in [4.69, 9.17) is 0 Å². The van der Waals surface area contributed by atoms with Gasteiger partial charge in [-0.2, -0.15) is 0 Å². The van der Waals surface area contributed by atoms with Gasteiger partial charge in [0.25, 0.3) is 0 Å². The second kappa shape index (κ2) is 9.38. The SMILES string of the molecule is Cc1csc(NC(=O)CSc2nnc3n(CC(=O)N4[C@H](C)CCC[C@H]4C)c4ccccc4n23)n1. The Morgan fingerprint density at radius 2 is 1.88 bits per heavy atom. The van der Waals surface area contributed by atoms with Crippen molar-refractivity contribution in [3.8, 4) is 0 Å². The average molecular weight is 498 g/mol. The molecule has 0 unspecified atom stereocenters. The number of thioether (sulfide) groups is 1. The lowest BCUT2D eigenvalue weighted by atomic mass is 9.97. The molecule has 1 aliphatic rings. The number of nitrogens with zero attached hydrogens (tertiary/aromatic N) is 6. The standard InChI is InChI=1S/C23H27N7O2S2/c1-14-12-33-21(24-14)25-19(31)13-34-23-27-26-22-28(17-9-4-5-10-18(17)30(22)23)11-20(32)29-15(2)7-6-8-16(29)3/h4-5,9-10,12,15-16H,6-8,11,13H2,1-3H3,(H,24,25,31)/t15-,16-/m1/s1. The summed E-state index contributed by atoms with van der Waals surface area (Å²) < 4.78 is 3.86. The summed E-state index contributed by atoms with van der Waals surface area (Å²) in [4.78, 5) is 32.1. The molecule has 0 bridgehead atoms. The number of carbonyl (C=O) groups excluding carboxylic acids is 2. The molecule has 1 aliphatic heterocycles. The van der Waals surface area contributed by atoms with Crippen molar-refractivity contribution in [2.45, 2.75) is 63.8 Å². The van der Waals surface area contributed by atoms with Crippen molar-refractivity contribution in [2.75, 3.05) is 11.1 Å². The number of carbonyl (C=O) groups is 2. The highest BCUT2D eigenvalue weighted by molar-refractivity contribution is 7.99. The Bertz CT molecular complexity index is 1350. The van der Waals surface area contributed by atoms with E-state index in [1.165, 1.54) is 23.1 Å². The summed E-state index contributed by atoms with van der Waals surface area (Å²) in [5.41, 5.74) is 2.71. The first-order chi connectivity index (χ1) is 16.4. The van der Waals surface area contributed by atoms with Crippen molar-refractivity contribution in [2.24, 2.45) is 0 Å². The average Bonchev–Trinajstić information content (AvgIpc) is 3.48. The zero-order valence-electron chi connectivity index (χ0n) is 19.4. The number of nitrogens with one attached hydrogen (secondary N) is 1. The molecule has 0 aliphatic carbocycles. The van der Waals surface area contributed by atoms with E-state index in [9.17, 15) is 9.59 Å². The summed E-state index contributed by atoms with van der Waals surface area (Å²) in [7, 11) is 0. The number of amides is 2. The maximum absolute atomic E-state index is 13.4. The number of aryl methyl sites for hydroxylation is 1. The maximum atomic E-state index is 13.4. The van der Waals surface area contributed by atoms with E-state index in [-0.39, 0.29) is 36.2 Å². The van der Waals surface area contributed by atoms with Gasteiger partial charge in [-0.15, -0.1) is 21.5 Å². The van der Waals surface area contributed by atoms with Gasteiger partial charge in [0.1, 0.15) is 6.54 Å². The molecule has 2 amide bonds. The van der Waals surface area contributed by atoms with Gasteiger partial charge >= 0.3 is 0 Å². The lowest BCUT2D eigenvalue weighted by Crippen LogP contribution is -2.48. The Balaban J connectivity index is 1.40. The van der Waals surface area contributed by atoms with Crippen LogP contribution < -0.4 is 5.32 Å². The molecule has 0 radical (unpaired) electrons. The van der Waals surface area contributed by atoms with Crippen LogP contribution in [0.1, 0.15) is 38.8 Å². The number of fused-ring (bicyclic) bond motifs is 3. The lowest BCUT2D eigenvalue weighted by Gasteiger charge is -2.39. The number of hydrogen-bond donors (Lipinski definition) is 1. The minimum atomic E-state index is -0.150. The van der Waals surface area contributed by atoms with Gasteiger partial charge < -0.3 is 10.2 Å². The molecule has 0 spiro atoms. The first-order valence-electron chi connectivity index (χ1n) is 11.4. The highest BCUT2D eigenvalue weighted by Gasteiger charge is 2.30. The number of anilines is 1. The Morgan fingerprint density at radius 3 is 2.59 bits per heavy atom. The topological polar surface area (TPSA) is 97.4 Å². The second-order valence-corrected chi connectivity index (χ2v) is 10.6. The lowest BCUT2D eigenvalue weighted by molar-refractivity contribution is -0.137. The predicted molar refractivity (Wildman–Crippen MR) is 134 cm³/mol. The number of likely N-dealkylation sites (tertiary alicyclic amines) is 1. The molecule has 1 fully saturated rings. The number of piperidine rings is 1. The van der Waals surface area contributed by atoms with Crippen molar-refractivity contribution in [3.05, 3.63) is 35.3 Å². The molecule has 4 heterocycles. The number of aromatic nitrogens is 5. The molecule has 3 aromatic heterocycles. The van der Waals surface area contributed by atoms with E-state index in [2.05, 4.69) is 34.3 Å². The Hall–Kier alpha value is -2.92. The van der Waals surface area contributed by atoms with E-state index < -0.39 is 0 Å². The van der Waals surface area contributed by atoms with Crippen LogP contribution in [-0.2, 0) is 16.1 Å². The number of rotatable bonds is 6. The smallest absolute Gasteiger partial charge is 0.243 e. The fraction of sp³-hybridized carbons (Fsp3) is 0.435. The molecule has 5 rings (SSSR count). The number of thiazole rings is 1. The van der Waals surface area contributed by atoms with Gasteiger partial charge in [-0.05, 0) is 52.2 Å². The fourth-order valence-corrected chi connectivity index (χ4v) is 6.16. The second-order valence-electron chi connectivity index (χ2n) is 8.75. The Kier molecular flexibility index (Phi) is 6.30. The van der Waals surface area contributed by atoms with Gasteiger partial charge in [-0.25, -0.2) is 4.98 Å². The van der Waals surface area contributed by atoms with Crippen LogP contribution in [0.5, 0.6) is 0 Å². The van der Waals surface area contributed by atoms with Crippen LogP contribution in [0, 0.1) is 6.92 Å². The van der Waals surface area contributed by atoms with E-state index >= 15 is 0 Å². The molecule has 1 N–H and O–H groups in total. The van der Waals surface area contributed by atoms with E-state index in [0.29, 0.717) is 16.1 Å². The molecule has 4 aromatic rings. The highest BCUT2D eigenvalue weighted by Crippen LogP contribution is 2.28. The molecule has 9 nitrogen and oxygen atoms in total. The van der Waals surface area contributed by atoms with Crippen molar-refractivity contribution in [1.29, 1.82) is 0 Å². The van der Waals surface area contributed by atoms with Gasteiger partial charge in [-0.3, -0.25) is 18.6 Å². The summed E-state index contributed by atoms with van der Waals surface area (Å²) in [6.07, 6.45) is 3.22. The first kappa shape index (κ1) is 22.9. The summed E-state index contributed by atoms with van der Waals surface area (Å²) in [6.45, 7) is 6.35. The number of benzene rings is 1. The zero-order chi connectivity index (χ0) is 23.8. The van der Waals surface area contributed by atoms with Gasteiger partial charge in [0, 0.05) is 17.5 Å². The third kappa shape index (κ3) is 4.29. The third-order valence-corrected chi connectivity index (χ3v) is 8.05. The van der Waals surface area contributed by atoms with Crippen molar-refractivity contribution in [1.82, 2.24) is 29.0 Å². The molecule has 178 valence electrons. The normalized spacial score (nSPS) is 18.6. The van der Waals surface area contributed by atoms with Crippen LogP contribution in [0.2, 0.25) is 0 Å². The summed E-state index contributed by atoms with van der Waals surface area (Å²) in [6, 6.07) is 8.36. The Morgan fingerprint density at radius 1 is 1.15 bits per heavy atom. The molecule has 1 aromatic carbocycles. The van der Waals surface area contributed by atoms with Crippen LogP contribution in [0.25, 0.3) is 16.8 Å². The van der Waals surface area contributed by atoms with Crippen LogP contribution in [-0.4, -0.2) is 58.7 Å². The summed E-state index contributed by atoms with van der Waals surface area (Å²) >= 11 is 2.71. The van der Waals surface area contributed by atoms with E-state index in [0.717, 1.165) is 36.0 Å². The highest BCUT2D eigenvalue weighted by atomic mass is 32.2. The monoisotopic (exact) mass is 497 g/mol. The molecule has 11 heteroatoms. The molecule has 0 saturated carbocycles. The first-order valence-corrected chi connectivity index (χ1v) is 13.3. The van der Waals surface area contributed by atoms with Crippen LogP contribution in [0.3, 0.4) is 0 Å². The summed E-state index contributed by atoms with van der Waals surface area (Å²) in [5, 5.41) is 14.7. The van der Waals surface area contributed by atoms with Gasteiger partial charge in [0.05, 0.1) is 22.5 Å². The van der Waals surface area contributed by atoms with Gasteiger partial charge in [-0.1, -0.05) is 23.9 Å². The molecule has 34 heavy (non-hydrogen) atoms. The molecule has 1 saturated heterocycles. The van der Waals surface area contributed by atoms with Crippen molar-refractivity contribution in [3.63, 3.8) is 0 Å². The molecular formula is C23H27N7O2S2. The van der Waals surface area contributed by atoms with Crippen LogP contribution in [0.15, 0.2) is 34.8 Å². The van der Waals surface area contributed by atoms with Crippen LogP contribution in [0.4, 0.5) is 5.13 Å². The van der Waals surface area contributed by atoms with Gasteiger partial charge in [0.2, 0.25) is 17.6 Å². The zero-order valence-corrected chi connectivity index (χ0v) is 21.0. The number of para-hydroxylation sites is 2. The quantitative estimate of drug-likeness (QED) is 0.405. The largest absolute Gasteiger partial charge is 0.336 e. The minimum Gasteiger partial charge on any atom is -0.336 e. The van der Waals surface area contributed by atoms with E-state index in [1.807, 2.05) is 50.4 Å².